The number of pyridine rings is 1. The Bertz CT molecular complexity index is 359. The van der Waals surface area contributed by atoms with Crippen LogP contribution < -0.4 is 4.74 Å². The molecule has 1 heterocycles. The van der Waals surface area contributed by atoms with Crippen LogP contribution in [0.1, 0.15) is 19.5 Å². The summed E-state index contributed by atoms with van der Waals surface area (Å²) in [5.41, 5.74) is 1.07. The average Bonchev–Trinajstić information content (AvgIpc) is 2.43. The summed E-state index contributed by atoms with van der Waals surface area (Å²) in [4.78, 5) is 3.98. The highest BCUT2D eigenvalue weighted by Gasteiger charge is 1.80. The maximum absolute atomic E-state index is 4.91. The summed E-state index contributed by atoms with van der Waals surface area (Å²) in [7, 11) is 1.66. The van der Waals surface area contributed by atoms with Gasteiger partial charge in [0.05, 0.1) is 7.11 Å². The Morgan fingerprint density at radius 2 is 1.47 bits per heavy atom. The lowest BCUT2D eigenvalue weighted by atomic mass is 10.3. The van der Waals surface area contributed by atoms with Crippen LogP contribution in [0.5, 0.6) is 5.75 Å². The first-order valence-electron chi connectivity index (χ1n) is 5.79. The molecule has 0 aliphatic rings. The molecule has 0 aliphatic heterocycles. The van der Waals surface area contributed by atoms with Crippen molar-refractivity contribution in [3.63, 3.8) is 0 Å². The number of nitrogens with zero attached hydrogens (tertiary/aromatic N) is 1. The normalized spacial score (nSPS) is 8.00. The molecule has 0 radical (unpaired) electrons. The maximum Gasteiger partial charge on any atom is 0.118 e. The number of para-hydroxylation sites is 1. The number of aryl methyl sites for hydroxylation is 1. The van der Waals surface area contributed by atoms with Crippen molar-refractivity contribution in [2.45, 2.75) is 20.8 Å². The minimum absolute atomic E-state index is 0.910. The number of hydrogen-bond donors (Lipinski definition) is 0. The number of rotatable bonds is 1. The van der Waals surface area contributed by atoms with Gasteiger partial charge in [-0.25, -0.2) is 0 Å². The van der Waals surface area contributed by atoms with E-state index in [-0.39, 0.29) is 0 Å². The molecule has 0 unspecified atom stereocenters. The summed E-state index contributed by atoms with van der Waals surface area (Å²) >= 11 is 0. The van der Waals surface area contributed by atoms with Gasteiger partial charge in [-0.15, -0.1) is 0 Å². The summed E-state index contributed by atoms with van der Waals surface area (Å²) in [5.74, 6) is 0.910. The van der Waals surface area contributed by atoms with Crippen molar-refractivity contribution in [1.29, 1.82) is 0 Å². The van der Waals surface area contributed by atoms with E-state index in [1.54, 1.807) is 13.3 Å². The van der Waals surface area contributed by atoms with Gasteiger partial charge in [0, 0.05) is 11.9 Å². The molecule has 2 nitrogen and oxygen atoms in total. The summed E-state index contributed by atoms with van der Waals surface area (Å²) in [6.07, 6.45) is 1.79. The second-order valence-electron chi connectivity index (χ2n) is 2.99. The summed E-state index contributed by atoms with van der Waals surface area (Å²) in [6.45, 7) is 5.97. The van der Waals surface area contributed by atoms with Gasteiger partial charge in [0.2, 0.25) is 0 Å². The molecule has 0 spiro atoms. The van der Waals surface area contributed by atoms with Crippen LogP contribution in [-0.4, -0.2) is 12.1 Å². The van der Waals surface area contributed by atoms with Gasteiger partial charge in [0.1, 0.15) is 5.75 Å². The SMILES string of the molecule is CC.COc1ccccc1.Cc1ccccn1. The molecule has 2 aromatic rings. The van der Waals surface area contributed by atoms with E-state index >= 15 is 0 Å². The minimum Gasteiger partial charge on any atom is -0.497 e. The molecule has 0 N–H and O–H groups in total. The highest BCUT2D eigenvalue weighted by Crippen LogP contribution is 2.05. The Morgan fingerprint density at radius 1 is 0.882 bits per heavy atom. The molecule has 0 amide bonds. The molecule has 0 bridgehead atoms. The zero-order chi connectivity index (χ0) is 12.9. The molecule has 0 aliphatic carbocycles. The van der Waals surface area contributed by atoms with Crippen LogP contribution in [0.4, 0.5) is 0 Å². The van der Waals surface area contributed by atoms with Crippen LogP contribution in [0.3, 0.4) is 0 Å². The summed E-state index contributed by atoms with van der Waals surface area (Å²) in [6, 6.07) is 15.5. The van der Waals surface area contributed by atoms with Crippen molar-refractivity contribution >= 4 is 0 Å². The molecule has 2 heteroatoms. The molecular formula is C15H21NO. The topological polar surface area (TPSA) is 22.1 Å². The Balaban J connectivity index is 0.000000265. The van der Waals surface area contributed by atoms with Gasteiger partial charge in [0.15, 0.2) is 0 Å². The van der Waals surface area contributed by atoms with Crippen molar-refractivity contribution in [2.24, 2.45) is 0 Å². The number of methoxy groups -OCH3 is 1. The molecular weight excluding hydrogens is 210 g/mol. The van der Waals surface area contributed by atoms with Gasteiger partial charge in [-0.2, -0.15) is 0 Å². The monoisotopic (exact) mass is 231 g/mol. The van der Waals surface area contributed by atoms with Gasteiger partial charge in [0.25, 0.3) is 0 Å². The van der Waals surface area contributed by atoms with Crippen LogP contribution in [0, 0.1) is 6.92 Å². The lowest BCUT2D eigenvalue weighted by molar-refractivity contribution is 0.415. The first kappa shape index (κ1) is 15.2. The van der Waals surface area contributed by atoms with Gasteiger partial charge in [-0.05, 0) is 31.2 Å². The second-order valence-corrected chi connectivity index (χ2v) is 2.99. The lowest BCUT2D eigenvalue weighted by Gasteiger charge is -1.93. The van der Waals surface area contributed by atoms with E-state index in [1.807, 2.05) is 69.3 Å². The van der Waals surface area contributed by atoms with Crippen LogP contribution in [0.25, 0.3) is 0 Å². The van der Waals surface area contributed by atoms with E-state index in [0.717, 1.165) is 11.4 Å². The van der Waals surface area contributed by atoms with Crippen LogP contribution in [0.2, 0.25) is 0 Å². The Kier molecular flexibility index (Phi) is 9.53. The third-order valence-corrected chi connectivity index (χ3v) is 1.79. The third-order valence-electron chi connectivity index (χ3n) is 1.79. The Labute approximate surface area is 104 Å². The molecule has 0 saturated carbocycles. The molecule has 0 atom stereocenters. The number of aromatic nitrogens is 1. The number of benzene rings is 1. The lowest BCUT2D eigenvalue weighted by Crippen LogP contribution is -1.78. The predicted molar refractivity (Wildman–Crippen MR) is 73.3 cm³/mol. The highest BCUT2D eigenvalue weighted by atomic mass is 16.5. The number of hydrogen-bond acceptors (Lipinski definition) is 2. The van der Waals surface area contributed by atoms with Crippen molar-refractivity contribution in [1.82, 2.24) is 4.98 Å². The summed E-state index contributed by atoms with van der Waals surface area (Å²) < 4.78 is 4.91. The first-order valence-corrected chi connectivity index (χ1v) is 5.79. The largest absolute Gasteiger partial charge is 0.497 e. The maximum atomic E-state index is 4.91. The third kappa shape index (κ3) is 8.03. The van der Waals surface area contributed by atoms with Gasteiger partial charge < -0.3 is 4.74 Å². The standard InChI is InChI=1S/C7H8O.C6H7N.C2H6/c1-8-7-5-3-2-4-6-7;1-6-4-2-3-5-7-6;1-2/h2-6H,1H3;2-5H,1H3;1-2H3. The van der Waals surface area contributed by atoms with Gasteiger partial charge >= 0.3 is 0 Å². The van der Waals surface area contributed by atoms with Crippen molar-refractivity contribution in [3.05, 3.63) is 60.4 Å². The summed E-state index contributed by atoms with van der Waals surface area (Å²) in [5, 5.41) is 0. The first-order chi connectivity index (χ1) is 8.33. The highest BCUT2D eigenvalue weighted by molar-refractivity contribution is 5.20. The molecule has 0 saturated heterocycles. The van der Waals surface area contributed by atoms with Gasteiger partial charge in [-0.1, -0.05) is 38.1 Å². The smallest absolute Gasteiger partial charge is 0.118 e. The Hall–Kier alpha value is -1.83. The molecule has 1 aromatic carbocycles. The van der Waals surface area contributed by atoms with Crippen LogP contribution in [0.15, 0.2) is 54.7 Å². The zero-order valence-electron chi connectivity index (χ0n) is 11.1. The zero-order valence-corrected chi connectivity index (χ0v) is 11.1. The molecule has 17 heavy (non-hydrogen) atoms. The van der Waals surface area contributed by atoms with Crippen molar-refractivity contribution in [3.8, 4) is 5.75 Å². The molecule has 0 fully saturated rings. The quantitative estimate of drug-likeness (QED) is 0.736. The second kappa shape index (κ2) is 10.7. The van der Waals surface area contributed by atoms with Crippen LogP contribution in [-0.2, 0) is 0 Å². The van der Waals surface area contributed by atoms with Gasteiger partial charge in [-0.3, -0.25) is 4.98 Å². The average molecular weight is 231 g/mol. The van der Waals surface area contributed by atoms with E-state index < -0.39 is 0 Å². The van der Waals surface area contributed by atoms with E-state index in [2.05, 4.69) is 4.98 Å². The van der Waals surface area contributed by atoms with E-state index in [0.29, 0.717) is 0 Å². The fourth-order valence-electron chi connectivity index (χ4n) is 1.00. The number of ether oxygens (including phenoxy) is 1. The molecule has 1 aromatic heterocycles. The fraction of sp³-hybridized carbons (Fsp3) is 0.267. The van der Waals surface area contributed by atoms with Crippen molar-refractivity contribution < 1.29 is 4.74 Å². The van der Waals surface area contributed by atoms with E-state index in [1.165, 1.54) is 0 Å². The Morgan fingerprint density at radius 3 is 1.76 bits per heavy atom. The minimum atomic E-state index is 0.910. The van der Waals surface area contributed by atoms with E-state index in [4.69, 9.17) is 4.74 Å². The van der Waals surface area contributed by atoms with Crippen molar-refractivity contribution in [2.75, 3.05) is 7.11 Å². The fourth-order valence-corrected chi connectivity index (χ4v) is 1.00. The molecule has 92 valence electrons. The predicted octanol–water partition coefficient (Wildman–Crippen LogP) is 4.11. The van der Waals surface area contributed by atoms with Crippen LogP contribution >= 0.6 is 0 Å². The van der Waals surface area contributed by atoms with E-state index in [9.17, 15) is 0 Å². The molecule has 2 rings (SSSR count).